The van der Waals surface area contributed by atoms with E-state index in [0.717, 1.165) is 17.5 Å². The van der Waals surface area contributed by atoms with Crippen LogP contribution in [0.5, 0.6) is 0 Å². The van der Waals surface area contributed by atoms with Crippen LogP contribution >= 0.6 is 23.1 Å². The second-order valence-corrected chi connectivity index (χ2v) is 7.81. The normalized spacial score (nSPS) is 18.7. The molecule has 0 radical (unpaired) electrons. The average molecular weight is 299 g/mol. The van der Waals surface area contributed by atoms with Crippen LogP contribution in [0, 0.1) is 6.92 Å². The molecule has 2 nitrogen and oxygen atoms in total. The molecule has 19 heavy (non-hydrogen) atoms. The molecule has 1 aliphatic rings. The summed E-state index contributed by atoms with van der Waals surface area (Å²) in [5.41, 5.74) is 1.22. The van der Waals surface area contributed by atoms with E-state index in [4.69, 9.17) is 4.98 Å². The van der Waals surface area contributed by atoms with E-state index in [9.17, 15) is 0 Å². The van der Waals surface area contributed by atoms with Gasteiger partial charge in [-0.2, -0.15) is 11.8 Å². The third-order valence-corrected chi connectivity index (χ3v) is 6.68. The molecule has 0 amide bonds. The number of hydrogen-bond acceptors (Lipinski definition) is 4. The van der Waals surface area contributed by atoms with Crippen molar-refractivity contribution in [2.45, 2.75) is 69.9 Å². The molecule has 0 saturated heterocycles. The first-order valence-corrected chi connectivity index (χ1v) is 9.38. The van der Waals surface area contributed by atoms with Crippen molar-refractivity contribution >= 4 is 23.1 Å². The molecule has 0 aromatic carbocycles. The minimum absolute atomic E-state index is 0.441. The minimum atomic E-state index is 0.441. The van der Waals surface area contributed by atoms with Crippen molar-refractivity contribution in [3.05, 3.63) is 15.6 Å². The van der Waals surface area contributed by atoms with Crippen molar-refractivity contribution in [2.75, 3.05) is 6.54 Å². The lowest BCUT2D eigenvalue weighted by Crippen LogP contribution is -2.17. The number of rotatable bonds is 6. The van der Waals surface area contributed by atoms with Crippen molar-refractivity contribution in [1.82, 2.24) is 10.3 Å². The van der Waals surface area contributed by atoms with Crippen LogP contribution < -0.4 is 5.32 Å². The van der Waals surface area contributed by atoms with Gasteiger partial charge < -0.3 is 5.32 Å². The molecule has 1 atom stereocenters. The number of aromatic nitrogens is 1. The van der Waals surface area contributed by atoms with Gasteiger partial charge in [-0.05, 0) is 33.2 Å². The molecular weight excluding hydrogens is 272 g/mol. The molecule has 0 bridgehead atoms. The van der Waals surface area contributed by atoms with E-state index in [2.05, 4.69) is 37.8 Å². The highest BCUT2D eigenvalue weighted by Gasteiger charge is 2.17. The Morgan fingerprint density at radius 1 is 1.37 bits per heavy atom. The van der Waals surface area contributed by atoms with Crippen molar-refractivity contribution < 1.29 is 0 Å². The third-order valence-electron chi connectivity index (χ3n) is 3.78. The monoisotopic (exact) mass is 298 g/mol. The van der Waals surface area contributed by atoms with E-state index in [1.54, 1.807) is 0 Å². The van der Waals surface area contributed by atoms with Gasteiger partial charge in [0.05, 0.1) is 5.69 Å². The molecule has 1 unspecified atom stereocenters. The molecule has 1 N–H and O–H groups in total. The van der Waals surface area contributed by atoms with E-state index < -0.39 is 0 Å². The number of hydrogen-bond donors (Lipinski definition) is 1. The van der Waals surface area contributed by atoms with Crippen molar-refractivity contribution in [3.63, 3.8) is 0 Å². The van der Waals surface area contributed by atoms with Crippen LogP contribution in [0.15, 0.2) is 0 Å². The lowest BCUT2D eigenvalue weighted by Gasteiger charge is -2.20. The van der Waals surface area contributed by atoms with E-state index in [0.29, 0.717) is 6.04 Å². The van der Waals surface area contributed by atoms with Crippen LogP contribution in [-0.2, 0) is 5.75 Å². The molecule has 4 heteroatoms. The number of thioether (sulfide) groups is 1. The second-order valence-electron chi connectivity index (χ2n) is 5.41. The van der Waals surface area contributed by atoms with Crippen LogP contribution in [0.25, 0.3) is 0 Å². The Balaban J connectivity index is 1.88. The molecule has 108 valence electrons. The second kappa shape index (κ2) is 7.65. The number of thiazole rings is 1. The lowest BCUT2D eigenvalue weighted by molar-refractivity contribution is 0.516. The number of nitrogens with one attached hydrogen (secondary N) is 1. The van der Waals surface area contributed by atoms with E-state index in [1.807, 2.05) is 11.3 Å². The zero-order chi connectivity index (χ0) is 13.7. The Morgan fingerprint density at radius 3 is 2.79 bits per heavy atom. The Bertz CT molecular complexity index is 383. The van der Waals surface area contributed by atoms with E-state index in [-0.39, 0.29) is 0 Å². The van der Waals surface area contributed by atoms with Crippen LogP contribution in [0.3, 0.4) is 0 Å². The number of nitrogens with zero attached hydrogens (tertiary/aromatic N) is 1. The third kappa shape index (κ3) is 4.47. The van der Waals surface area contributed by atoms with Gasteiger partial charge in [0.2, 0.25) is 0 Å². The molecule has 1 aliphatic carbocycles. The summed E-state index contributed by atoms with van der Waals surface area (Å²) in [6.07, 6.45) is 7.12. The zero-order valence-electron chi connectivity index (χ0n) is 12.4. The summed E-state index contributed by atoms with van der Waals surface area (Å²) in [4.78, 5) is 6.17. The molecule has 1 aromatic heterocycles. The Hall–Kier alpha value is -0.0600. The molecule has 0 aliphatic heterocycles. The summed E-state index contributed by atoms with van der Waals surface area (Å²) in [7, 11) is 0. The Labute approximate surface area is 125 Å². The summed E-state index contributed by atoms with van der Waals surface area (Å²) in [6, 6.07) is 0.441. The van der Waals surface area contributed by atoms with Gasteiger partial charge in [0, 0.05) is 21.9 Å². The Kier molecular flexibility index (Phi) is 6.17. The highest BCUT2D eigenvalue weighted by atomic mass is 32.2. The molecule has 1 aromatic rings. The van der Waals surface area contributed by atoms with Crippen molar-refractivity contribution in [1.29, 1.82) is 0 Å². The summed E-state index contributed by atoms with van der Waals surface area (Å²) in [6.45, 7) is 7.56. The lowest BCUT2D eigenvalue weighted by atomic mass is 10.0. The maximum Gasteiger partial charge on any atom is 0.103 e. The van der Waals surface area contributed by atoms with Crippen LogP contribution in [-0.4, -0.2) is 16.8 Å². The van der Waals surface area contributed by atoms with Gasteiger partial charge >= 0.3 is 0 Å². The highest BCUT2D eigenvalue weighted by Crippen LogP contribution is 2.33. The molecule has 0 spiro atoms. The van der Waals surface area contributed by atoms with Gasteiger partial charge in [-0.1, -0.05) is 26.2 Å². The van der Waals surface area contributed by atoms with Gasteiger partial charge in [-0.3, -0.25) is 0 Å². The zero-order valence-corrected chi connectivity index (χ0v) is 14.0. The van der Waals surface area contributed by atoms with E-state index in [1.165, 1.54) is 47.7 Å². The van der Waals surface area contributed by atoms with Gasteiger partial charge in [0.25, 0.3) is 0 Å². The highest BCUT2D eigenvalue weighted by molar-refractivity contribution is 7.99. The molecule has 1 fully saturated rings. The first kappa shape index (κ1) is 15.3. The predicted octanol–water partition coefficient (Wildman–Crippen LogP) is 4.69. The molecule has 2 rings (SSSR count). The summed E-state index contributed by atoms with van der Waals surface area (Å²) in [5, 5.41) is 5.68. The van der Waals surface area contributed by atoms with E-state index >= 15 is 0 Å². The van der Waals surface area contributed by atoms with Crippen LogP contribution in [0.2, 0.25) is 0 Å². The topological polar surface area (TPSA) is 24.9 Å². The summed E-state index contributed by atoms with van der Waals surface area (Å²) in [5.74, 6) is 1.11. The molecule has 1 saturated carbocycles. The summed E-state index contributed by atoms with van der Waals surface area (Å²) >= 11 is 4.03. The maximum absolute atomic E-state index is 4.76. The quantitative estimate of drug-likeness (QED) is 0.825. The molecule has 1 heterocycles. The summed E-state index contributed by atoms with van der Waals surface area (Å²) < 4.78 is 0. The standard InChI is InChI=1S/C15H26N2S2/c1-4-16-11(2)15-12(3)17-14(19-15)10-18-13-8-6-5-7-9-13/h11,13,16H,4-10H2,1-3H3. The number of aryl methyl sites for hydroxylation is 1. The van der Waals surface area contributed by atoms with Gasteiger partial charge in [-0.15, -0.1) is 11.3 Å². The first-order valence-electron chi connectivity index (χ1n) is 7.52. The smallest absolute Gasteiger partial charge is 0.103 e. The van der Waals surface area contributed by atoms with Gasteiger partial charge in [0.15, 0.2) is 0 Å². The van der Waals surface area contributed by atoms with Gasteiger partial charge in [0.1, 0.15) is 5.01 Å². The van der Waals surface area contributed by atoms with Crippen molar-refractivity contribution in [3.8, 4) is 0 Å². The van der Waals surface area contributed by atoms with Crippen LogP contribution in [0.4, 0.5) is 0 Å². The SMILES string of the molecule is CCNC(C)c1sc(CSC2CCCCC2)nc1C. The average Bonchev–Trinajstić information content (AvgIpc) is 2.79. The Morgan fingerprint density at radius 2 is 2.11 bits per heavy atom. The first-order chi connectivity index (χ1) is 9.20. The fourth-order valence-electron chi connectivity index (χ4n) is 2.75. The minimum Gasteiger partial charge on any atom is -0.310 e. The van der Waals surface area contributed by atoms with Crippen LogP contribution in [0.1, 0.15) is 67.6 Å². The van der Waals surface area contributed by atoms with Crippen molar-refractivity contribution in [2.24, 2.45) is 0 Å². The fraction of sp³-hybridized carbons (Fsp3) is 0.800. The largest absolute Gasteiger partial charge is 0.310 e. The fourth-order valence-corrected chi connectivity index (χ4v) is 5.19. The predicted molar refractivity (Wildman–Crippen MR) is 87.1 cm³/mol. The maximum atomic E-state index is 4.76. The molecular formula is C15H26N2S2. The van der Waals surface area contributed by atoms with Gasteiger partial charge in [-0.25, -0.2) is 4.98 Å².